The molecule has 5 heteroatoms. The van der Waals surface area contributed by atoms with E-state index in [1.165, 1.54) is 0 Å². The molecule has 0 aliphatic rings. The van der Waals surface area contributed by atoms with Crippen LogP contribution in [0, 0.1) is 0 Å². The molecule has 0 spiro atoms. The molecule has 0 unspecified atom stereocenters. The van der Waals surface area contributed by atoms with Gasteiger partial charge in [-0.25, -0.2) is 0 Å². The van der Waals surface area contributed by atoms with Gasteiger partial charge in [0.1, 0.15) is 0 Å². The molecule has 0 aliphatic carbocycles. The first-order valence-corrected chi connectivity index (χ1v) is 10.3. The standard InChI is InChI=1S/C26H27NO4/c1-26(2,3)20-13-11-19(12-14-20)23(28)15-16-25(30)31-17-24(29)27-22-10-6-8-18-7-4-5-9-21(18)22/h4-14H,15-17H2,1-3H3,(H,27,29). The predicted octanol–water partition coefficient (Wildman–Crippen LogP) is 5.28. The van der Waals surface area contributed by atoms with Crippen molar-refractivity contribution < 1.29 is 19.1 Å². The lowest BCUT2D eigenvalue weighted by Gasteiger charge is -2.18. The minimum Gasteiger partial charge on any atom is -0.456 e. The summed E-state index contributed by atoms with van der Waals surface area (Å²) < 4.78 is 5.03. The van der Waals surface area contributed by atoms with Gasteiger partial charge >= 0.3 is 5.97 Å². The molecule has 160 valence electrons. The maximum Gasteiger partial charge on any atom is 0.306 e. The maximum absolute atomic E-state index is 12.3. The molecule has 0 atom stereocenters. The molecular weight excluding hydrogens is 390 g/mol. The number of ketones is 1. The van der Waals surface area contributed by atoms with Gasteiger partial charge in [-0.3, -0.25) is 14.4 Å². The summed E-state index contributed by atoms with van der Waals surface area (Å²) in [5.74, 6) is -1.13. The number of carbonyl (C=O) groups is 3. The zero-order valence-corrected chi connectivity index (χ0v) is 18.1. The number of fused-ring (bicyclic) bond motifs is 1. The van der Waals surface area contributed by atoms with Crippen molar-refractivity contribution in [3.05, 3.63) is 77.9 Å². The Morgan fingerprint density at radius 2 is 1.52 bits per heavy atom. The van der Waals surface area contributed by atoms with Gasteiger partial charge < -0.3 is 10.1 Å². The summed E-state index contributed by atoms with van der Waals surface area (Å²) in [7, 11) is 0. The number of anilines is 1. The van der Waals surface area contributed by atoms with E-state index in [1.807, 2.05) is 48.5 Å². The molecule has 1 amide bonds. The lowest BCUT2D eigenvalue weighted by molar-refractivity contribution is -0.147. The van der Waals surface area contributed by atoms with E-state index < -0.39 is 18.5 Å². The fourth-order valence-electron chi connectivity index (χ4n) is 3.25. The maximum atomic E-state index is 12.3. The number of carbonyl (C=O) groups excluding carboxylic acids is 3. The van der Waals surface area contributed by atoms with E-state index in [1.54, 1.807) is 18.2 Å². The van der Waals surface area contributed by atoms with Crippen molar-refractivity contribution in [3.63, 3.8) is 0 Å². The van der Waals surface area contributed by atoms with E-state index in [9.17, 15) is 14.4 Å². The summed E-state index contributed by atoms with van der Waals surface area (Å²) in [6.07, 6.45) is -0.0277. The third kappa shape index (κ3) is 6.01. The fourth-order valence-corrected chi connectivity index (χ4v) is 3.25. The van der Waals surface area contributed by atoms with Crippen molar-refractivity contribution in [2.24, 2.45) is 0 Å². The summed E-state index contributed by atoms with van der Waals surface area (Å²) in [6, 6.07) is 20.7. The summed E-state index contributed by atoms with van der Waals surface area (Å²) in [5.41, 5.74) is 2.38. The highest BCUT2D eigenvalue weighted by Crippen LogP contribution is 2.23. The van der Waals surface area contributed by atoms with Gasteiger partial charge in [0.2, 0.25) is 0 Å². The Hall–Kier alpha value is -3.47. The van der Waals surface area contributed by atoms with Crippen LogP contribution in [-0.4, -0.2) is 24.3 Å². The molecular formula is C26H27NO4. The van der Waals surface area contributed by atoms with E-state index in [0.717, 1.165) is 16.3 Å². The summed E-state index contributed by atoms with van der Waals surface area (Å²) >= 11 is 0. The minimum absolute atomic E-state index is 0.0119. The number of amides is 1. The highest BCUT2D eigenvalue weighted by atomic mass is 16.5. The molecule has 0 saturated heterocycles. The molecule has 1 N–H and O–H groups in total. The second-order valence-corrected chi connectivity index (χ2v) is 8.49. The van der Waals surface area contributed by atoms with Crippen molar-refractivity contribution in [1.29, 1.82) is 0 Å². The van der Waals surface area contributed by atoms with Crippen LogP contribution in [0.5, 0.6) is 0 Å². The summed E-state index contributed by atoms with van der Waals surface area (Å²) in [4.78, 5) is 36.5. The average molecular weight is 418 g/mol. The minimum atomic E-state index is -0.576. The summed E-state index contributed by atoms with van der Waals surface area (Å²) in [6.45, 7) is 5.93. The van der Waals surface area contributed by atoms with Gasteiger partial charge in [0.15, 0.2) is 12.4 Å². The number of hydrogen-bond donors (Lipinski definition) is 1. The topological polar surface area (TPSA) is 72.5 Å². The largest absolute Gasteiger partial charge is 0.456 e. The van der Waals surface area contributed by atoms with Gasteiger partial charge in [-0.15, -0.1) is 0 Å². The first-order chi connectivity index (χ1) is 14.7. The van der Waals surface area contributed by atoms with E-state index in [0.29, 0.717) is 11.3 Å². The van der Waals surface area contributed by atoms with E-state index in [-0.39, 0.29) is 24.0 Å². The lowest BCUT2D eigenvalue weighted by atomic mass is 9.86. The quantitative estimate of drug-likeness (QED) is 0.419. The van der Waals surface area contributed by atoms with Crippen LogP contribution in [0.2, 0.25) is 0 Å². The Morgan fingerprint density at radius 3 is 2.23 bits per heavy atom. The molecule has 0 aliphatic heterocycles. The second-order valence-electron chi connectivity index (χ2n) is 8.49. The van der Waals surface area contributed by atoms with Crippen LogP contribution < -0.4 is 5.32 Å². The number of nitrogens with one attached hydrogen (secondary N) is 1. The molecule has 0 bridgehead atoms. The van der Waals surface area contributed by atoms with Gasteiger partial charge in [-0.05, 0) is 22.4 Å². The molecule has 3 rings (SSSR count). The van der Waals surface area contributed by atoms with Gasteiger partial charge in [0.05, 0.1) is 6.42 Å². The molecule has 0 fully saturated rings. The monoisotopic (exact) mass is 417 g/mol. The lowest BCUT2D eigenvalue weighted by Crippen LogP contribution is -2.21. The molecule has 0 saturated carbocycles. The third-order valence-electron chi connectivity index (χ3n) is 5.06. The molecule has 5 nitrogen and oxygen atoms in total. The Labute approximate surface area is 182 Å². The van der Waals surface area contributed by atoms with Gasteiger partial charge in [-0.1, -0.05) is 81.4 Å². The number of ether oxygens (including phenoxy) is 1. The smallest absolute Gasteiger partial charge is 0.306 e. The van der Waals surface area contributed by atoms with Crippen LogP contribution in [0.1, 0.15) is 49.5 Å². The van der Waals surface area contributed by atoms with Crippen LogP contribution in [0.15, 0.2) is 66.7 Å². The first-order valence-electron chi connectivity index (χ1n) is 10.3. The molecule has 31 heavy (non-hydrogen) atoms. The number of esters is 1. The highest BCUT2D eigenvalue weighted by molar-refractivity contribution is 6.03. The first kappa shape index (κ1) is 22.2. The SMILES string of the molecule is CC(C)(C)c1ccc(C(=O)CCC(=O)OCC(=O)Nc2cccc3ccccc23)cc1. The molecule has 3 aromatic rings. The zero-order chi connectivity index (χ0) is 22.4. The van der Waals surface area contributed by atoms with Crippen LogP contribution in [0.4, 0.5) is 5.69 Å². The normalized spacial score (nSPS) is 11.2. The fraction of sp³-hybridized carbons (Fsp3) is 0.269. The summed E-state index contributed by atoms with van der Waals surface area (Å²) in [5, 5.41) is 4.68. The predicted molar refractivity (Wildman–Crippen MR) is 122 cm³/mol. The molecule has 3 aromatic carbocycles. The Morgan fingerprint density at radius 1 is 0.839 bits per heavy atom. The number of Topliss-reactive ketones (excluding diaryl/α,β-unsaturated/α-hetero) is 1. The second kappa shape index (κ2) is 9.56. The van der Waals surface area contributed by atoms with Crippen molar-refractivity contribution in [2.75, 3.05) is 11.9 Å². The Balaban J connectivity index is 1.46. The van der Waals surface area contributed by atoms with Crippen LogP contribution in [-0.2, 0) is 19.7 Å². The third-order valence-corrected chi connectivity index (χ3v) is 5.06. The highest BCUT2D eigenvalue weighted by Gasteiger charge is 2.16. The Bertz CT molecular complexity index is 1090. The van der Waals surface area contributed by atoms with Crippen molar-refractivity contribution in [2.45, 2.75) is 39.0 Å². The van der Waals surface area contributed by atoms with Crippen molar-refractivity contribution in [3.8, 4) is 0 Å². The Kier molecular flexibility index (Phi) is 6.85. The van der Waals surface area contributed by atoms with Gasteiger partial charge in [0, 0.05) is 23.1 Å². The number of rotatable bonds is 7. The van der Waals surface area contributed by atoms with Gasteiger partial charge in [-0.2, -0.15) is 0 Å². The van der Waals surface area contributed by atoms with Gasteiger partial charge in [0.25, 0.3) is 5.91 Å². The number of hydrogen-bond acceptors (Lipinski definition) is 4. The zero-order valence-electron chi connectivity index (χ0n) is 18.1. The van der Waals surface area contributed by atoms with E-state index in [2.05, 4.69) is 26.1 Å². The van der Waals surface area contributed by atoms with E-state index >= 15 is 0 Å². The van der Waals surface area contributed by atoms with Crippen LogP contribution in [0.3, 0.4) is 0 Å². The van der Waals surface area contributed by atoms with Crippen molar-refractivity contribution in [1.82, 2.24) is 0 Å². The van der Waals surface area contributed by atoms with Crippen LogP contribution >= 0.6 is 0 Å². The van der Waals surface area contributed by atoms with E-state index in [4.69, 9.17) is 4.74 Å². The molecule has 0 aromatic heterocycles. The molecule has 0 heterocycles. The van der Waals surface area contributed by atoms with Crippen molar-refractivity contribution >= 4 is 34.1 Å². The molecule has 0 radical (unpaired) electrons. The van der Waals surface area contributed by atoms with Crippen LogP contribution in [0.25, 0.3) is 10.8 Å². The number of benzene rings is 3. The average Bonchev–Trinajstić information content (AvgIpc) is 2.76.